The quantitative estimate of drug-likeness (QED) is 0.725. The van der Waals surface area contributed by atoms with Crippen LogP contribution < -0.4 is 5.73 Å². The number of nitrogens with zero attached hydrogens (tertiary/aromatic N) is 1. The molecule has 0 bridgehead atoms. The van der Waals surface area contributed by atoms with Gasteiger partial charge in [-0.25, -0.2) is 0 Å². The van der Waals surface area contributed by atoms with Gasteiger partial charge in [-0.1, -0.05) is 20.8 Å². The zero-order valence-electron chi connectivity index (χ0n) is 9.71. The Bertz CT molecular complexity index is 218. The van der Waals surface area contributed by atoms with E-state index in [2.05, 4.69) is 20.8 Å². The summed E-state index contributed by atoms with van der Waals surface area (Å²) in [6.07, 6.45) is 0.691. The normalized spacial score (nSPS) is 25.6. The average molecular weight is 198 g/mol. The lowest BCUT2D eigenvalue weighted by atomic mass is 9.80. The third kappa shape index (κ3) is 2.71. The SMILES string of the molecule is C[C@@H](N)CN1CC(C(C)(C)C)CC1=O. The molecular weight excluding hydrogens is 176 g/mol. The molecule has 0 aromatic heterocycles. The smallest absolute Gasteiger partial charge is 0.222 e. The van der Waals surface area contributed by atoms with E-state index < -0.39 is 0 Å². The largest absolute Gasteiger partial charge is 0.341 e. The van der Waals surface area contributed by atoms with Crippen LogP contribution in [0.5, 0.6) is 0 Å². The first-order valence-electron chi connectivity index (χ1n) is 5.34. The van der Waals surface area contributed by atoms with Gasteiger partial charge in [-0.15, -0.1) is 0 Å². The van der Waals surface area contributed by atoms with Crippen molar-refractivity contribution in [1.82, 2.24) is 4.90 Å². The lowest BCUT2D eigenvalue weighted by Gasteiger charge is -2.26. The number of amides is 1. The predicted octanol–water partition coefficient (Wildman–Crippen LogP) is 1.23. The van der Waals surface area contributed by atoms with Crippen molar-refractivity contribution < 1.29 is 4.79 Å². The fraction of sp³-hybridized carbons (Fsp3) is 0.909. The molecule has 1 saturated heterocycles. The second-order valence-corrected chi connectivity index (χ2v) is 5.54. The van der Waals surface area contributed by atoms with Crippen molar-refractivity contribution in [3.05, 3.63) is 0 Å². The molecule has 2 N–H and O–H groups in total. The van der Waals surface area contributed by atoms with E-state index >= 15 is 0 Å². The second-order valence-electron chi connectivity index (χ2n) is 5.54. The molecule has 1 aliphatic rings. The van der Waals surface area contributed by atoms with Gasteiger partial charge < -0.3 is 10.6 Å². The highest BCUT2D eigenvalue weighted by Gasteiger charge is 2.36. The minimum Gasteiger partial charge on any atom is -0.341 e. The van der Waals surface area contributed by atoms with Crippen molar-refractivity contribution in [3.8, 4) is 0 Å². The van der Waals surface area contributed by atoms with Crippen LogP contribution in [0.4, 0.5) is 0 Å². The van der Waals surface area contributed by atoms with Gasteiger partial charge >= 0.3 is 0 Å². The van der Waals surface area contributed by atoms with E-state index in [0.29, 0.717) is 18.9 Å². The van der Waals surface area contributed by atoms with Crippen LogP contribution in [0, 0.1) is 11.3 Å². The third-order valence-corrected chi connectivity index (χ3v) is 2.95. The third-order valence-electron chi connectivity index (χ3n) is 2.95. The molecule has 14 heavy (non-hydrogen) atoms. The molecule has 1 amide bonds. The van der Waals surface area contributed by atoms with Crippen molar-refractivity contribution >= 4 is 5.91 Å². The summed E-state index contributed by atoms with van der Waals surface area (Å²) in [6.45, 7) is 10.1. The van der Waals surface area contributed by atoms with Crippen molar-refractivity contribution in [3.63, 3.8) is 0 Å². The Kier molecular flexibility index (Phi) is 3.20. The van der Waals surface area contributed by atoms with Gasteiger partial charge in [0.15, 0.2) is 0 Å². The van der Waals surface area contributed by atoms with Crippen LogP contribution in [0.3, 0.4) is 0 Å². The van der Waals surface area contributed by atoms with E-state index in [0.717, 1.165) is 6.54 Å². The van der Waals surface area contributed by atoms with Crippen molar-refractivity contribution in [1.29, 1.82) is 0 Å². The summed E-state index contributed by atoms with van der Waals surface area (Å²) in [5, 5.41) is 0. The standard InChI is InChI=1S/C11H22N2O/c1-8(12)6-13-7-9(5-10(13)14)11(2,3)4/h8-9H,5-7,12H2,1-4H3/t8-,9?/m1/s1. The van der Waals surface area contributed by atoms with Gasteiger partial charge in [-0.2, -0.15) is 0 Å². The van der Waals surface area contributed by atoms with Gasteiger partial charge in [0.1, 0.15) is 0 Å². The van der Waals surface area contributed by atoms with Gasteiger partial charge in [-0.05, 0) is 18.3 Å². The molecule has 0 saturated carbocycles. The summed E-state index contributed by atoms with van der Waals surface area (Å²) in [6, 6.07) is 0.0812. The van der Waals surface area contributed by atoms with Crippen LogP contribution in [0.25, 0.3) is 0 Å². The highest BCUT2D eigenvalue weighted by Crippen LogP contribution is 2.34. The average Bonchev–Trinajstić information content (AvgIpc) is 2.30. The molecule has 82 valence electrons. The molecule has 0 spiro atoms. The molecule has 1 aliphatic heterocycles. The Morgan fingerprint density at radius 1 is 1.57 bits per heavy atom. The summed E-state index contributed by atoms with van der Waals surface area (Å²) < 4.78 is 0. The fourth-order valence-corrected chi connectivity index (χ4v) is 1.88. The molecule has 3 nitrogen and oxygen atoms in total. The van der Waals surface area contributed by atoms with Gasteiger partial charge in [0, 0.05) is 25.6 Å². The number of rotatable bonds is 2. The van der Waals surface area contributed by atoms with Crippen LogP contribution >= 0.6 is 0 Å². The monoisotopic (exact) mass is 198 g/mol. The zero-order valence-corrected chi connectivity index (χ0v) is 9.71. The van der Waals surface area contributed by atoms with Crippen LogP contribution in [0.15, 0.2) is 0 Å². The molecule has 0 radical (unpaired) electrons. The molecule has 0 aromatic rings. The van der Waals surface area contributed by atoms with Gasteiger partial charge in [0.05, 0.1) is 0 Å². The number of carbonyl (C=O) groups excluding carboxylic acids is 1. The lowest BCUT2D eigenvalue weighted by Crippen LogP contribution is -2.37. The first kappa shape index (κ1) is 11.5. The van der Waals surface area contributed by atoms with Crippen molar-refractivity contribution in [2.75, 3.05) is 13.1 Å². The molecule has 1 unspecified atom stereocenters. The molecule has 1 rings (SSSR count). The van der Waals surface area contributed by atoms with Crippen molar-refractivity contribution in [2.45, 2.75) is 40.2 Å². The van der Waals surface area contributed by atoms with E-state index in [-0.39, 0.29) is 17.4 Å². The first-order valence-corrected chi connectivity index (χ1v) is 5.34. The van der Waals surface area contributed by atoms with E-state index in [4.69, 9.17) is 5.73 Å². The number of nitrogens with two attached hydrogens (primary N) is 1. The van der Waals surface area contributed by atoms with Gasteiger partial charge in [0.2, 0.25) is 5.91 Å². The molecule has 3 heteroatoms. The Balaban J connectivity index is 2.56. The summed E-state index contributed by atoms with van der Waals surface area (Å²) in [5.74, 6) is 0.746. The predicted molar refractivity (Wildman–Crippen MR) is 57.8 cm³/mol. The number of carbonyl (C=O) groups is 1. The van der Waals surface area contributed by atoms with Crippen LogP contribution in [-0.2, 0) is 4.79 Å². The topological polar surface area (TPSA) is 46.3 Å². The molecule has 2 atom stereocenters. The Labute approximate surface area is 86.6 Å². The minimum atomic E-state index is 0.0812. The number of likely N-dealkylation sites (tertiary alicyclic amines) is 1. The molecule has 0 aliphatic carbocycles. The lowest BCUT2D eigenvalue weighted by molar-refractivity contribution is -0.127. The fourth-order valence-electron chi connectivity index (χ4n) is 1.88. The maximum absolute atomic E-state index is 11.6. The van der Waals surface area contributed by atoms with E-state index in [9.17, 15) is 4.79 Å². The number of hydrogen-bond acceptors (Lipinski definition) is 2. The zero-order chi connectivity index (χ0) is 10.9. The highest BCUT2D eigenvalue weighted by molar-refractivity contribution is 5.78. The number of hydrogen-bond donors (Lipinski definition) is 1. The Morgan fingerprint density at radius 2 is 2.14 bits per heavy atom. The summed E-state index contributed by atoms with van der Waals surface area (Å²) in [4.78, 5) is 13.5. The van der Waals surface area contributed by atoms with Gasteiger partial charge in [-0.3, -0.25) is 4.79 Å². The Hall–Kier alpha value is -0.570. The summed E-state index contributed by atoms with van der Waals surface area (Å²) in [5.41, 5.74) is 5.92. The molecular formula is C11H22N2O. The summed E-state index contributed by atoms with van der Waals surface area (Å²) in [7, 11) is 0. The maximum atomic E-state index is 11.6. The summed E-state index contributed by atoms with van der Waals surface area (Å²) >= 11 is 0. The first-order chi connectivity index (χ1) is 6.30. The van der Waals surface area contributed by atoms with Crippen molar-refractivity contribution in [2.24, 2.45) is 17.1 Å². The van der Waals surface area contributed by atoms with Crippen LogP contribution in [0.1, 0.15) is 34.1 Å². The van der Waals surface area contributed by atoms with Crippen LogP contribution in [-0.4, -0.2) is 29.9 Å². The van der Waals surface area contributed by atoms with E-state index in [1.54, 1.807) is 0 Å². The molecule has 1 heterocycles. The molecule has 0 aromatic carbocycles. The molecule has 1 fully saturated rings. The van der Waals surface area contributed by atoms with Gasteiger partial charge in [0.25, 0.3) is 0 Å². The van der Waals surface area contributed by atoms with E-state index in [1.165, 1.54) is 0 Å². The maximum Gasteiger partial charge on any atom is 0.222 e. The second kappa shape index (κ2) is 3.89. The highest BCUT2D eigenvalue weighted by atomic mass is 16.2. The van der Waals surface area contributed by atoms with E-state index in [1.807, 2.05) is 11.8 Å². The van der Waals surface area contributed by atoms with Crippen LogP contribution in [0.2, 0.25) is 0 Å². The minimum absolute atomic E-state index is 0.0812. The Morgan fingerprint density at radius 3 is 2.50 bits per heavy atom.